The van der Waals surface area contributed by atoms with Crippen LogP contribution in [0.15, 0.2) is 0 Å². The molecule has 0 amide bonds. The molecule has 3 heterocycles. The Balaban J connectivity index is 1.98. The third kappa shape index (κ3) is 3.00. The lowest BCUT2D eigenvalue weighted by Crippen LogP contribution is -2.32. The summed E-state index contributed by atoms with van der Waals surface area (Å²) in [5.41, 5.74) is 2.31. The van der Waals surface area contributed by atoms with Crippen molar-refractivity contribution in [2.75, 3.05) is 31.6 Å². The highest BCUT2D eigenvalue weighted by Gasteiger charge is 2.24. The van der Waals surface area contributed by atoms with Crippen LogP contribution in [0.25, 0.3) is 0 Å². The van der Waals surface area contributed by atoms with Gasteiger partial charge in [0.1, 0.15) is 0 Å². The van der Waals surface area contributed by atoms with Crippen molar-refractivity contribution in [2.24, 2.45) is 0 Å². The zero-order chi connectivity index (χ0) is 14.7. The molecule has 6 nitrogen and oxygen atoms in total. The second-order valence-electron chi connectivity index (χ2n) is 5.62. The van der Waals surface area contributed by atoms with Crippen LogP contribution in [-0.2, 0) is 17.7 Å². The molecule has 0 saturated carbocycles. The van der Waals surface area contributed by atoms with Crippen LogP contribution >= 0.6 is 0 Å². The molecule has 21 heavy (non-hydrogen) atoms. The van der Waals surface area contributed by atoms with E-state index in [2.05, 4.69) is 15.2 Å². The summed E-state index contributed by atoms with van der Waals surface area (Å²) in [4.78, 5) is 23.5. The molecule has 1 saturated heterocycles. The fourth-order valence-electron chi connectivity index (χ4n) is 3.01. The first-order valence-corrected chi connectivity index (χ1v) is 7.73. The van der Waals surface area contributed by atoms with E-state index in [9.17, 15) is 4.79 Å². The Morgan fingerprint density at radius 1 is 1.19 bits per heavy atom. The zero-order valence-corrected chi connectivity index (χ0v) is 12.5. The maximum atomic E-state index is 12.0. The largest absolute Gasteiger partial charge is 0.464 e. The first-order chi connectivity index (χ1) is 10.3. The summed E-state index contributed by atoms with van der Waals surface area (Å²) in [6.07, 6.45) is 5.68. The van der Waals surface area contributed by atoms with Crippen LogP contribution in [0, 0.1) is 0 Å². The van der Waals surface area contributed by atoms with Crippen molar-refractivity contribution in [3.05, 3.63) is 17.0 Å². The number of aromatic nitrogens is 2. The first kappa shape index (κ1) is 14.3. The molecule has 0 aliphatic carbocycles. The number of ether oxygens (including phenoxy) is 1. The molecule has 1 fully saturated rings. The number of anilines is 1. The van der Waals surface area contributed by atoms with Crippen molar-refractivity contribution in [2.45, 2.75) is 38.6 Å². The van der Waals surface area contributed by atoms with Crippen LogP contribution in [0.5, 0.6) is 0 Å². The molecule has 0 aromatic carbocycles. The van der Waals surface area contributed by atoms with Gasteiger partial charge in [0.15, 0.2) is 5.69 Å². The number of fused-ring (bicyclic) bond motifs is 1. The molecule has 0 atom stereocenters. The minimum absolute atomic E-state index is 0.367. The lowest BCUT2D eigenvalue weighted by molar-refractivity contribution is 0.0592. The second kappa shape index (κ2) is 6.39. The van der Waals surface area contributed by atoms with Crippen LogP contribution in [0.1, 0.15) is 47.4 Å². The highest BCUT2D eigenvalue weighted by Crippen LogP contribution is 2.22. The van der Waals surface area contributed by atoms with Gasteiger partial charge in [0.2, 0.25) is 5.95 Å². The smallest absolute Gasteiger partial charge is 0.357 e. The van der Waals surface area contributed by atoms with E-state index < -0.39 is 0 Å². The molecular formula is C15H22N4O2. The van der Waals surface area contributed by atoms with E-state index in [1.807, 2.05) is 0 Å². The number of nitrogens with zero attached hydrogens (tertiary/aromatic N) is 3. The van der Waals surface area contributed by atoms with E-state index in [-0.39, 0.29) is 5.97 Å². The van der Waals surface area contributed by atoms with Gasteiger partial charge in [-0.3, -0.25) is 0 Å². The minimum atomic E-state index is -0.367. The fraction of sp³-hybridized carbons (Fsp3) is 0.667. The van der Waals surface area contributed by atoms with Crippen molar-refractivity contribution in [3.8, 4) is 0 Å². The van der Waals surface area contributed by atoms with Crippen molar-refractivity contribution in [3.63, 3.8) is 0 Å². The van der Waals surface area contributed by atoms with Crippen LogP contribution in [0.2, 0.25) is 0 Å². The van der Waals surface area contributed by atoms with Gasteiger partial charge in [-0.25, -0.2) is 14.8 Å². The summed E-state index contributed by atoms with van der Waals surface area (Å²) in [7, 11) is 1.40. The monoisotopic (exact) mass is 290 g/mol. The van der Waals surface area contributed by atoms with Crippen molar-refractivity contribution in [1.82, 2.24) is 15.3 Å². The number of esters is 1. The zero-order valence-electron chi connectivity index (χ0n) is 12.5. The van der Waals surface area contributed by atoms with Crippen molar-refractivity contribution < 1.29 is 9.53 Å². The van der Waals surface area contributed by atoms with Crippen LogP contribution in [-0.4, -0.2) is 42.7 Å². The molecule has 0 spiro atoms. The topological polar surface area (TPSA) is 67.3 Å². The summed E-state index contributed by atoms with van der Waals surface area (Å²) >= 11 is 0. The Morgan fingerprint density at radius 3 is 2.67 bits per heavy atom. The molecule has 0 radical (unpaired) electrons. The quantitative estimate of drug-likeness (QED) is 0.828. The molecular weight excluding hydrogens is 268 g/mol. The molecule has 6 heteroatoms. The standard InChI is InChI=1S/C15H22N4O2/c1-21-14(20)13-11-10-16-7-6-12(11)17-15(18-13)19-8-4-2-3-5-9-19/h16H,2-10H2,1H3. The summed E-state index contributed by atoms with van der Waals surface area (Å²) < 4.78 is 4.89. The Morgan fingerprint density at radius 2 is 1.95 bits per heavy atom. The number of nitrogens with one attached hydrogen (secondary N) is 1. The molecule has 0 bridgehead atoms. The molecule has 1 aromatic rings. The Labute approximate surface area is 124 Å². The van der Waals surface area contributed by atoms with Crippen LogP contribution < -0.4 is 10.2 Å². The van der Waals surface area contributed by atoms with Crippen LogP contribution in [0.3, 0.4) is 0 Å². The highest BCUT2D eigenvalue weighted by molar-refractivity contribution is 5.89. The number of rotatable bonds is 2. The molecule has 1 N–H and O–H groups in total. The van der Waals surface area contributed by atoms with Gasteiger partial charge in [-0.1, -0.05) is 12.8 Å². The summed E-state index contributed by atoms with van der Waals surface area (Å²) in [6.45, 7) is 3.47. The predicted molar refractivity (Wildman–Crippen MR) is 79.5 cm³/mol. The Bertz CT molecular complexity index is 525. The van der Waals surface area contributed by atoms with E-state index in [1.165, 1.54) is 20.0 Å². The number of carbonyl (C=O) groups is 1. The number of hydrogen-bond acceptors (Lipinski definition) is 6. The average Bonchev–Trinajstić information content (AvgIpc) is 2.82. The maximum Gasteiger partial charge on any atom is 0.357 e. The minimum Gasteiger partial charge on any atom is -0.464 e. The normalized spacial score (nSPS) is 18.8. The van der Waals surface area contributed by atoms with E-state index in [1.54, 1.807) is 0 Å². The molecule has 2 aliphatic heterocycles. The lowest BCUT2D eigenvalue weighted by Gasteiger charge is -2.24. The van der Waals surface area contributed by atoms with E-state index in [0.717, 1.165) is 50.2 Å². The van der Waals surface area contributed by atoms with E-state index in [0.29, 0.717) is 18.2 Å². The summed E-state index contributed by atoms with van der Waals surface area (Å²) in [5.74, 6) is 0.325. The second-order valence-corrected chi connectivity index (χ2v) is 5.62. The van der Waals surface area contributed by atoms with Gasteiger partial charge in [0.05, 0.1) is 12.8 Å². The SMILES string of the molecule is COC(=O)c1nc(N2CCCCCC2)nc2c1CNCC2. The molecule has 2 aliphatic rings. The van der Waals surface area contributed by atoms with Gasteiger partial charge in [0, 0.05) is 38.2 Å². The van der Waals surface area contributed by atoms with Gasteiger partial charge >= 0.3 is 5.97 Å². The van der Waals surface area contributed by atoms with Crippen molar-refractivity contribution in [1.29, 1.82) is 0 Å². The van der Waals surface area contributed by atoms with Gasteiger partial charge < -0.3 is 15.0 Å². The average molecular weight is 290 g/mol. The molecule has 114 valence electrons. The highest BCUT2D eigenvalue weighted by atomic mass is 16.5. The van der Waals surface area contributed by atoms with Crippen molar-refractivity contribution >= 4 is 11.9 Å². The summed E-state index contributed by atoms with van der Waals surface area (Å²) in [6, 6.07) is 0. The van der Waals surface area contributed by atoms with Gasteiger partial charge in [-0.2, -0.15) is 0 Å². The first-order valence-electron chi connectivity index (χ1n) is 7.73. The van der Waals surface area contributed by atoms with Gasteiger partial charge in [-0.05, 0) is 12.8 Å². The van der Waals surface area contributed by atoms with Gasteiger partial charge in [-0.15, -0.1) is 0 Å². The lowest BCUT2D eigenvalue weighted by atomic mass is 10.1. The molecule has 0 unspecified atom stereocenters. The Hall–Kier alpha value is -1.69. The van der Waals surface area contributed by atoms with E-state index >= 15 is 0 Å². The van der Waals surface area contributed by atoms with Gasteiger partial charge in [0.25, 0.3) is 0 Å². The third-order valence-electron chi connectivity index (χ3n) is 4.19. The predicted octanol–water partition coefficient (Wildman–Crippen LogP) is 1.29. The van der Waals surface area contributed by atoms with E-state index in [4.69, 9.17) is 9.72 Å². The maximum absolute atomic E-state index is 12.0. The number of carbonyl (C=O) groups excluding carboxylic acids is 1. The Kier molecular flexibility index (Phi) is 4.34. The number of methoxy groups -OCH3 is 1. The molecule has 1 aromatic heterocycles. The third-order valence-corrected chi connectivity index (χ3v) is 4.19. The fourth-order valence-corrected chi connectivity index (χ4v) is 3.01. The van der Waals surface area contributed by atoms with Crippen LogP contribution in [0.4, 0.5) is 5.95 Å². The summed E-state index contributed by atoms with van der Waals surface area (Å²) in [5, 5.41) is 3.27. The number of hydrogen-bond donors (Lipinski definition) is 1. The molecule has 3 rings (SSSR count).